The highest BCUT2D eigenvalue weighted by Gasteiger charge is 2.43. The zero-order chi connectivity index (χ0) is 18.1. The number of H-pyrrole nitrogens is 1. The van der Waals surface area contributed by atoms with Crippen LogP contribution in [0.3, 0.4) is 0 Å². The quantitative estimate of drug-likeness (QED) is 0.887. The molecule has 1 aliphatic carbocycles. The monoisotopic (exact) mass is 355 g/mol. The van der Waals surface area contributed by atoms with E-state index in [1.165, 1.54) is 43.9 Å². The van der Waals surface area contributed by atoms with Gasteiger partial charge in [-0.1, -0.05) is 19.4 Å². The normalized spacial score (nSPS) is 27.3. The van der Waals surface area contributed by atoms with Crippen LogP contribution >= 0.6 is 0 Å². The topological polar surface area (TPSA) is 56.4 Å². The highest BCUT2D eigenvalue weighted by molar-refractivity contribution is 5.94. The summed E-state index contributed by atoms with van der Waals surface area (Å²) in [6, 6.07) is 3.72. The van der Waals surface area contributed by atoms with Crippen molar-refractivity contribution in [1.82, 2.24) is 14.8 Å². The van der Waals surface area contributed by atoms with Crippen LogP contribution in [0.5, 0.6) is 0 Å². The molecule has 26 heavy (non-hydrogen) atoms. The minimum absolute atomic E-state index is 0.0390. The van der Waals surface area contributed by atoms with Crippen molar-refractivity contribution < 1.29 is 4.79 Å². The van der Waals surface area contributed by atoms with Crippen molar-refractivity contribution in [3.63, 3.8) is 0 Å². The summed E-state index contributed by atoms with van der Waals surface area (Å²) in [5.41, 5.74) is 1.90. The number of likely N-dealkylation sites (tertiary alicyclic amines) is 2. The lowest BCUT2D eigenvalue weighted by Gasteiger charge is -2.51. The Kier molecular flexibility index (Phi) is 4.63. The molecule has 1 amide bonds. The molecule has 0 bridgehead atoms. The largest absolute Gasteiger partial charge is 0.372 e. The van der Waals surface area contributed by atoms with Crippen LogP contribution in [0.2, 0.25) is 0 Å². The first-order chi connectivity index (χ1) is 12.6. The molecule has 1 saturated carbocycles. The summed E-state index contributed by atoms with van der Waals surface area (Å²) in [4.78, 5) is 31.4. The molecular weight excluding hydrogens is 326 g/mol. The SMILES string of the molecule is C=C1CCC2(CCCN(C(=O)c3ccc(=O)[nH]c3)C2)CN1C1CCCC1. The number of amides is 1. The highest BCUT2D eigenvalue weighted by Crippen LogP contribution is 2.43. The molecule has 1 N–H and O–H groups in total. The predicted molar refractivity (Wildman–Crippen MR) is 102 cm³/mol. The minimum atomic E-state index is -0.172. The maximum atomic E-state index is 12.9. The Balaban J connectivity index is 1.50. The number of aromatic amines is 1. The molecule has 1 aromatic heterocycles. The van der Waals surface area contributed by atoms with Gasteiger partial charge in [-0.25, -0.2) is 0 Å². The molecule has 140 valence electrons. The molecule has 1 unspecified atom stereocenters. The van der Waals surface area contributed by atoms with Gasteiger partial charge in [0.15, 0.2) is 0 Å². The Morgan fingerprint density at radius 1 is 1.15 bits per heavy atom. The van der Waals surface area contributed by atoms with Crippen LogP contribution in [0, 0.1) is 5.41 Å². The zero-order valence-corrected chi connectivity index (χ0v) is 15.5. The van der Waals surface area contributed by atoms with E-state index >= 15 is 0 Å². The third kappa shape index (κ3) is 3.31. The van der Waals surface area contributed by atoms with Crippen LogP contribution in [0.25, 0.3) is 0 Å². The van der Waals surface area contributed by atoms with E-state index in [-0.39, 0.29) is 16.9 Å². The molecule has 0 radical (unpaired) electrons. The lowest BCUT2D eigenvalue weighted by Crippen LogP contribution is -2.54. The van der Waals surface area contributed by atoms with Crippen LogP contribution in [0.4, 0.5) is 0 Å². The van der Waals surface area contributed by atoms with E-state index in [2.05, 4.69) is 16.5 Å². The molecule has 3 aliphatic rings. The zero-order valence-electron chi connectivity index (χ0n) is 15.5. The molecular formula is C21H29N3O2. The molecule has 2 aliphatic heterocycles. The molecule has 2 saturated heterocycles. The van der Waals surface area contributed by atoms with Crippen molar-refractivity contribution in [2.45, 2.75) is 57.4 Å². The van der Waals surface area contributed by atoms with Gasteiger partial charge in [0.2, 0.25) is 5.56 Å². The van der Waals surface area contributed by atoms with Crippen molar-refractivity contribution in [2.75, 3.05) is 19.6 Å². The fourth-order valence-corrected chi connectivity index (χ4v) is 5.15. The molecule has 1 aromatic rings. The minimum Gasteiger partial charge on any atom is -0.372 e. The number of nitrogens with one attached hydrogen (secondary N) is 1. The van der Waals surface area contributed by atoms with Gasteiger partial charge in [-0.05, 0) is 44.6 Å². The van der Waals surface area contributed by atoms with Gasteiger partial charge in [0.1, 0.15) is 0 Å². The van der Waals surface area contributed by atoms with Crippen molar-refractivity contribution >= 4 is 5.91 Å². The lowest BCUT2D eigenvalue weighted by atomic mass is 9.72. The number of allylic oxidation sites excluding steroid dienone is 1. The van der Waals surface area contributed by atoms with E-state index in [1.807, 2.05) is 4.90 Å². The number of pyridine rings is 1. The predicted octanol–water partition coefficient (Wildman–Crippen LogP) is 3.15. The van der Waals surface area contributed by atoms with E-state index < -0.39 is 0 Å². The van der Waals surface area contributed by atoms with Crippen LogP contribution in [0.1, 0.15) is 61.7 Å². The lowest BCUT2D eigenvalue weighted by molar-refractivity contribution is 0.0175. The maximum absolute atomic E-state index is 12.9. The van der Waals surface area contributed by atoms with Crippen molar-refractivity contribution in [2.24, 2.45) is 5.41 Å². The van der Waals surface area contributed by atoms with Crippen molar-refractivity contribution in [1.29, 1.82) is 0 Å². The summed E-state index contributed by atoms with van der Waals surface area (Å²) in [5.74, 6) is 0.0390. The van der Waals surface area contributed by atoms with Crippen LogP contribution in [0.15, 0.2) is 35.4 Å². The summed E-state index contributed by atoms with van der Waals surface area (Å²) in [6.07, 6.45) is 11.2. The molecule has 1 atom stereocenters. The first-order valence-corrected chi connectivity index (χ1v) is 9.99. The second-order valence-corrected chi connectivity index (χ2v) is 8.40. The van der Waals surface area contributed by atoms with Gasteiger partial charge in [-0.2, -0.15) is 0 Å². The second-order valence-electron chi connectivity index (χ2n) is 8.40. The van der Waals surface area contributed by atoms with E-state index in [9.17, 15) is 9.59 Å². The molecule has 3 heterocycles. The molecule has 5 nitrogen and oxygen atoms in total. The Hall–Kier alpha value is -2.04. The molecule has 4 rings (SSSR count). The number of aromatic nitrogens is 1. The highest BCUT2D eigenvalue weighted by atomic mass is 16.2. The van der Waals surface area contributed by atoms with Crippen molar-refractivity contribution in [3.05, 3.63) is 46.5 Å². The van der Waals surface area contributed by atoms with Crippen LogP contribution in [-0.2, 0) is 0 Å². The van der Waals surface area contributed by atoms with Crippen LogP contribution < -0.4 is 5.56 Å². The number of rotatable bonds is 2. The maximum Gasteiger partial charge on any atom is 0.255 e. The summed E-state index contributed by atoms with van der Waals surface area (Å²) < 4.78 is 0. The number of nitrogens with zero attached hydrogens (tertiary/aromatic N) is 2. The molecule has 3 fully saturated rings. The molecule has 5 heteroatoms. The van der Waals surface area contributed by atoms with Crippen molar-refractivity contribution in [3.8, 4) is 0 Å². The first-order valence-electron chi connectivity index (χ1n) is 9.99. The van der Waals surface area contributed by atoms with Gasteiger partial charge in [-0.3, -0.25) is 9.59 Å². The average molecular weight is 355 g/mol. The summed E-state index contributed by atoms with van der Waals surface area (Å²) >= 11 is 0. The van der Waals surface area contributed by atoms with Gasteiger partial charge in [0.05, 0.1) is 5.56 Å². The van der Waals surface area contributed by atoms with E-state index in [4.69, 9.17) is 0 Å². The Labute approximate surface area is 155 Å². The number of piperidine rings is 2. The summed E-state index contributed by atoms with van der Waals surface area (Å²) in [5, 5.41) is 0. The Bertz CT molecular complexity index is 729. The number of hydrogen-bond acceptors (Lipinski definition) is 3. The Morgan fingerprint density at radius 2 is 1.96 bits per heavy atom. The fourth-order valence-electron chi connectivity index (χ4n) is 5.15. The van der Waals surface area contributed by atoms with Gasteiger partial charge in [0.25, 0.3) is 5.91 Å². The Morgan fingerprint density at radius 3 is 2.69 bits per heavy atom. The molecule has 0 aromatic carbocycles. The first kappa shape index (κ1) is 17.4. The number of carbonyl (C=O) groups is 1. The van der Waals surface area contributed by atoms with Crippen LogP contribution in [-0.4, -0.2) is 46.4 Å². The van der Waals surface area contributed by atoms with Gasteiger partial charge in [-0.15, -0.1) is 0 Å². The standard InChI is InChI=1S/C21H29N3O2/c1-16-9-11-21(15-24(16)18-5-2-3-6-18)10-4-12-23(14-21)20(26)17-7-8-19(25)22-13-17/h7-8,13,18H,1-6,9-12,14-15H2,(H,22,25). The third-order valence-electron chi connectivity index (χ3n) is 6.60. The summed E-state index contributed by atoms with van der Waals surface area (Å²) in [6.45, 7) is 7.02. The third-order valence-corrected chi connectivity index (χ3v) is 6.60. The second kappa shape index (κ2) is 6.93. The van der Waals surface area contributed by atoms with Gasteiger partial charge in [0, 0.05) is 49.1 Å². The van der Waals surface area contributed by atoms with E-state index in [0.29, 0.717) is 11.6 Å². The number of carbonyl (C=O) groups excluding carboxylic acids is 1. The fraction of sp³-hybridized carbons (Fsp3) is 0.619. The average Bonchev–Trinajstić information content (AvgIpc) is 3.19. The smallest absolute Gasteiger partial charge is 0.255 e. The van der Waals surface area contributed by atoms with Gasteiger partial charge >= 0.3 is 0 Å². The summed E-state index contributed by atoms with van der Waals surface area (Å²) in [7, 11) is 0. The van der Waals surface area contributed by atoms with E-state index in [1.54, 1.807) is 12.3 Å². The van der Waals surface area contributed by atoms with Gasteiger partial charge < -0.3 is 14.8 Å². The van der Waals surface area contributed by atoms with E-state index in [0.717, 1.165) is 38.9 Å². The molecule has 1 spiro atoms. The number of hydrogen-bond donors (Lipinski definition) is 1.